The molecule has 0 fully saturated rings. The Bertz CT molecular complexity index is 1210. The largest absolute Gasteiger partial charge is 0.502 e. The number of carbonyl (C=O) groups excluding carboxylic acids is 1. The molecular formula is C21H15ClFN3O3S. The second-order valence-corrected chi connectivity index (χ2v) is 8.38. The fraction of sp³-hybridized carbons (Fsp3) is 0.143. The minimum absolute atomic E-state index is 0.0887. The number of rotatable bonds is 1. The quantitative estimate of drug-likeness (QED) is 0.603. The number of hydrogen-bond acceptors (Lipinski definition) is 5. The summed E-state index contributed by atoms with van der Waals surface area (Å²) in [6.45, 7) is 0.0887. The van der Waals surface area contributed by atoms with E-state index in [1.54, 1.807) is 17.1 Å². The standard InChI is InChI=1S/C21H15ClFN3O3S/c22-14-5-1-4-12-17(11-3-2-6-15(23)13(11)9-30-20(12)14)26-10-24-21(29)18-19(28)16(27)7-8-25(18)26/h1-8,17,28H,9-10H2,(H,24,29). The van der Waals surface area contributed by atoms with Crippen LogP contribution in [-0.4, -0.2) is 22.4 Å². The Morgan fingerprint density at radius 3 is 2.73 bits per heavy atom. The maximum atomic E-state index is 14.8. The van der Waals surface area contributed by atoms with E-state index in [1.807, 2.05) is 18.2 Å². The maximum absolute atomic E-state index is 14.8. The summed E-state index contributed by atoms with van der Waals surface area (Å²) in [6, 6.07) is 11.1. The summed E-state index contributed by atoms with van der Waals surface area (Å²) in [7, 11) is 0. The fourth-order valence-corrected chi connectivity index (χ4v) is 5.47. The summed E-state index contributed by atoms with van der Waals surface area (Å²) in [5.74, 6) is -1.11. The molecule has 0 aliphatic carbocycles. The zero-order valence-corrected chi connectivity index (χ0v) is 17.0. The van der Waals surface area contributed by atoms with Gasteiger partial charge in [-0.05, 0) is 23.3 Å². The van der Waals surface area contributed by atoms with Gasteiger partial charge in [0.1, 0.15) is 12.5 Å². The van der Waals surface area contributed by atoms with Gasteiger partial charge in [0.2, 0.25) is 5.43 Å². The van der Waals surface area contributed by atoms with Gasteiger partial charge in [0.15, 0.2) is 11.4 Å². The highest BCUT2D eigenvalue weighted by Gasteiger charge is 2.36. The van der Waals surface area contributed by atoms with Gasteiger partial charge in [0.05, 0.1) is 11.1 Å². The van der Waals surface area contributed by atoms with Gasteiger partial charge in [-0.15, -0.1) is 11.8 Å². The van der Waals surface area contributed by atoms with Crippen molar-refractivity contribution in [2.75, 3.05) is 11.7 Å². The molecule has 152 valence electrons. The van der Waals surface area contributed by atoms with Gasteiger partial charge in [-0.2, -0.15) is 0 Å². The first-order chi connectivity index (χ1) is 14.5. The molecule has 2 aliphatic heterocycles. The van der Waals surface area contributed by atoms with E-state index >= 15 is 0 Å². The summed E-state index contributed by atoms with van der Waals surface area (Å²) >= 11 is 7.93. The van der Waals surface area contributed by atoms with Crippen molar-refractivity contribution < 1.29 is 14.3 Å². The predicted molar refractivity (Wildman–Crippen MR) is 112 cm³/mol. The third kappa shape index (κ3) is 2.79. The average molecular weight is 444 g/mol. The van der Waals surface area contributed by atoms with Crippen molar-refractivity contribution in [2.24, 2.45) is 0 Å². The summed E-state index contributed by atoms with van der Waals surface area (Å²) in [4.78, 5) is 25.2. The molecule has 30 heavy (non-hydrogen) atoms. The zero-order chi connectivity index (χ0) is 21.0. The van der Waals surface area contributed by atoms with E-state index in [0.717, 1.165) is 16.0 Å². The lowest BCUT2D eigenvalue weighted by atomic mass is 9.94. The molecule has 2 aromatic carbocycles. The number of nitrogens with one attached hydrogen (secondary N) is 1. The SMILES string of the molecule is O=C1NCN(C2c3cccc(F)c3CSc3c(Cl)cccc32)n2ccc(=O)c(O)c21. The molecule has 1 atom stereocenters. The number of hydrogen-bond donors (Lipinski definition) is 2. The highest BCUT2D eigenvalue weighted by Crippen LogP contribution is 2.45. The molecule has 2 aliphatic rings. The van der Waals surface area contributed by atoms with Crippen molar-refractivity contribution in [3.05, 3.63) is 92.1 Å². The van der Waals surface area contributed by atoms with Crippen molar-refractivity contribution in [2.45, 2.75) is 16.7 Å². The first-order valence-electron chi connectivity index (χ1n) is 9.15. The monoisotopic (exact) mass is 443 g/mol. The number of thioether (sulfide) groups is 1. The normalized spacial score (nSPS) is 17.5. The van der Waals surface area contributed by atoms with Crippen LogP contribution in [0.2, 0.25) is 5.02 Å². The topological polar surface area (TPSA) is 74.6 Å². The number of carbonyl (C=O) groups is 1. The molecule has 1 aromatic heterocycles. The maximum Gasteiger partial charge on any atom is 0.275 e. The predicted octanol–water partition coefficient (Wildman–Crippen LogP) is 3.38. The third-order valence-electron chi connectivity index (χ3n) is 5.35. The average Bonchev–Trinajstić information content (AvgIpc) is 2.90. The van der Waals surface area contributed by atoms with E-state index in [9.17, 15) is 19.1 Å². The Balaban J connectivity index is 1.80. The Labute approximate surface area is 179 Å². The number of fused-ring (bicyclic) bond motifs is 3. The van der Waals surface area contributed by atoms with Crippen molar-refractivity contribution in [3.8, 4) is 5.75 Å². The number of aromatic nitrogens is 1. The summed E-state index contributed by atoms with van der Waals surface area (Å²) in [6.07, 6.45) is 1.44. The smallest absolute Gasteiger partial charge is 0.275 e. The van der Waals surface area contributed by atoms with Crippen molar-refractivity contribution in [1.82, 2.24) is 9.99 Å². The summed E-state index contributed by atoms with van der Waals surface area (Å²) in [5, 5.41) is 15.3. The number of aromatic hydroxyl groups is 1. The second kappa shape index (κ2) is 7.07. The first kappa shape index (κ1) is 19.0. The highest BCUT2D eigenvalue weighted by atomic mass is 35.5. The van der Waals surface area contributed by atoms with E-state index in [2.05, 4.69) is 5.32 Å². The molecule has 9 heteroatoms. The number of benzene rings is 2. The molecule has 6 nitrogen and oxygen atoms in total. The molecule has 1 unspecified atom stereocenters. The van der Waals surface area contributed by atoms with Crippen LogP contribution in [0.15, 0.2) is 58.4 Å². The van der Waals surface area contributed by atoms with Crippen molar-refractivity contribution in [3.63, 3.8) is 0 Å². The summed E-state index contributed by atoms with van der Waals surface area (Å²) < 4.78 is 16.2. The first-order valence-corrected chi connectivity index (χ1v) is 10.5. The number of amides is 1. The van der Waals surface area contributed by atoms with Gasteiger partial charge >= 0.3 is 0 Å². The lowest BCUT2D eigenvalue weighted by Gasteiger charge is -2.40. The molecule has 0 spiro atoms. The van der Waals surface area contributed by atoms with Crippen LogP contribution in [0, 0.1) is 5.82 Å². The van der Waals surface area contributed by atoms with E-state index in [0.29, 0.717) is 16.3 Å². The molecule has 0 bridgehead atoms. The minimum Gasteiger partial charge on any atom is -0.502 e. The molecule has 1 amide bonds. The molecule has 0 saturated carbocycles. The minimum atomic E-state index is -0.649. The van der Waals surface area contributed by atoms with E-state index < -0.39 is 23.1 Å². The van der Waals surface area contributed by atoms with Crippen molar-refractivity contribution >= 4 is 29.3 Å². The Morgan fingerprint density at radius 1 is 1.13 bits per heavy atom. The van der Waals surface area contributed by atoms with E-state index in [1.165, 1.54) is 34.8 Å². The highest BCUT2D eigenvalue weighted by molar-refractivity contribution is 7.98. The van der Waals surface area contributed by atoms with Crippen LogP contribution in [-0.2, 0) is 5.75 Å². The molecule has 3 heterocycles. The molecule has 0 saturated heterocycles. The van der Waals surface area contributed by atoms with E-state index in [-0.39, 0.29) is 18.2 Å². The fourth-order valence-electron chi connectivity index (χ4n) is 3.98. The van der Waals surface area contributed by atoms with Crippen LogP contribution in [0.3, 0.4) is 0 Å². The van der Waals surface area contributed by atoms with Crippen LogP contribution in [0.4, 0.5) is 4.39 Å². The Hall–Kier alpha value is -2.97. The van der Waals surface area contributed by atoms with Gasteiger partial charge in [0, 0.05) is 28.5 Å². The number of halogens is 2. The van der Waals surface area contributed by atoms with Gasteiger partial charge in [0.25, 0.3) is 5.91 Å². The molecule has 0 radical (unpaired) electrons. The number of pyridine rings is 1. The van der Waals surface area contributed by atoms with Gasteiger partial charge in [-0.3, -0.25) is 19.3 Å². The van der Waals surface area contributed by atoms with Crippen LogP contribution in [0.5, 0.6) is 5.75 Å². The molecular weight excluding hydrogens is 429 g/mol. The van der Waals surface area contributed by atoms with E-state index in [4.69, 9.17) is 11.6 Å². The molecule has 5 rings (SSSR count). The van der Waals surface area contributed by atoms with Gasteiger partial charge in [-0.25, -0.2) is 4.39 Å². The van der Waals surface area contributed by atoms with Crippen LogP contribution < -0.4 is 15.8 Å². The van der Waals surface area contributed by atoms with Crippen LogP contribution >= 0.6 is 23.4 Å². The Morgan fingerprint density at radius 2 is 1.90 bits per heavy atom. The molecule has 2 N–H and O–H groups in total. The second-order valence-electron chi connectivity index (χ2n) is 6.98. The Kier molecular flexibility index (Phi) is 4.48. The van der Waals surface area contributed by atoms with Gasteiger partial charge in [-0.1, -0.05) is 35.9 Å². The number of nitrogens with zero attached hydrogens (tertiary/aromatic N) is 2. The van der Waals surface area contributed by atoms with Crippen LogP contribution in [0.25, 0.3) is 0 Å². The summed E-state index contributed by atoms with van der Waals surface area (Å²) in [5.41, 5.74) is 1.31. The lowest BCUT2D eigenvalue weighted by molar-refractivity contribution is 0.0915. The molecule has 3 aromatic rings. The zero-order valence-electron chi connectivity index (χ0n) is 15.4. The van der Waals surface area contributed by atoms with Crippen LogP contribution in [0.1, 0.15) is 33.2 Å². The third-order valence-corrected chi connectivity index (χ3v) is 6.95. The lowest BCUT2D eigenvalue weighted by Crippen LogP contribution is -2.53. The van der Waals surface area contributed by atoms with Crippen molar-refractivity contribution in [1.29, 1.82) is 0 Å². The van der Waals surface area contributed by atoms with Gasteiger partial charge < -0.3 is 10.4 Å².